The molecule has 1 aromatic rings. The topological polar surface area (TPSA) is 0 Å². The minimum absolute atomic E-state index is 1.25. The van der Waals surface area contributed by atoms with E-state index in [4.69, 9.17) is 0 Å². The Morgan fingerprint density at radius 3 is 1.17 bits per heavy atom. The summed E-state index contributed by atoms with van der Waals surface area (Å²) in [4.78, 5) is 0. The summed E-state index contributed by atoms with van der Waals surface area (Å²) in [5.41, 5.74) is 6.60. The molecule has 0 nitrogen and oxygen atoms in total. The van der Waals surface area contributed by atoms with Crippen molar-refractivity contribution in [2.75, 3.05) is 0 Å². The van der Waals surface area contributed by atoms with Gasteiger partial charge in [0.1, 0.15) is 0 Å². The van der Waals surface area contributed by atoms with Gasteiger partial charge in [-0.1, -0.05) is 65.5 Å². The fourth-order valence-corrected chi connectivity index (χ4v) is 2.92. The molecule has 1 aromatic carbocycles. The zero-order valence-corrected chi connectivity index (χ0v) is 12.8. The van der Waals surface area contributed by atoms with Gasteiger partial charge in [0.05, 0.1) is 0 Å². The van der Waals surface area contributed by atoms with E-state index < -0.39 is 0 Å². The zero-order valence-electron chi connectivity index (χ0n) is 12.8. The van der Waals surface area contributed by atoms with E-state index in [1.807, 2.05) is 0 Å². The monoisotopic (exact) mass is 246 g/mol. The first-order chi connectivity index (χ1) is 8.78. The third kappa shape index (κ3) is 3.86. The molecule has 0 unspecified atom stereocenters. The van der Waals surface area contributed by atoms with Crippen LogP contribution in [0.4, 0.5) is 0 Å². The summed E-state index contributed by atoms with van der Waals surface area (Å²) in [6, 6.07) is 4.80. The maximum Gasteiger partial charge on any atom is -0.0276 e. The second-order valence-corrected chi connectivity index (χ2v) is 5.34. The summed E-state index contributed by atoms with van der Waals surface area (Å²) >= 11 is 0. The minimum Gasteiger partial charge on any atom is -0.0651 e. The molecule has 0 atom stereocenters. The summed E-state index contributed by atoms with van der Waals surface area (Å²) in [5.74, 6) is 0. The lowest BCUT2D eigenvalue weighted by molar-refractivity contribution is 0.801. The molecule has 0 heteroatoms. The van der Waals surface area contributed by atoms with Gasteiger partial charge in [-0.05, 0) is 47.9 Å². The maximum atomic E-state index is 2.40. The molecule has 0 aromatic heterocycles. The first kappa shape index (κ1) is 15.3. The number of hydrogen-bond donors (Lipinski definition) is 0. The van der Waals surface area contributed by atoms with Crippen molar-refractivity contribution in [1.29, 1.82) is 0 Å². The van der Waals surface area contributed by atoms with Crippen molar-refractivity contribution in [2.24, 2.45) is 0 Å². The third-order valence-electron chi connectivity index (χ3n) is 3.66. The number of aryl methyl sites for hydroxylation is 2. The average Bonchev–Trinajstić information content (AvgIpc) is 2.37. The molecule has 0 heterocycles. The van der Waals surface area contributed by atoms with Crippen molar-refractivity contribution < 1.29 is 0 Å². The Hall–Kier alpha value is -0.780. The van der Waals surface area contributed by atoms with E-state index in [1.165, 1.54) is 51.4 Å². The van der Waals surface area contributed by atoms with Gasteiger partial charge < -0.3 is 0 Å². The normalized spacial score (nSPS) is 10.9. The Labute approximate surface area is 114 Å². The van der Waals surface area contributed by atoms with E-state index in [1.54, 1.807) is 22.3 Å². The molecule has 0 spiro atoms. The summed E-state index contributed by atoms with van der Waals surface area (Å²) in [6.07, 6.45) is 10.1. The van der Waals surface area contributed by atoms with Gasteiger partial charge in [0, 0.05) is 0 Å². The van der Waals surface area contributed by atoms with Gasteiger partial charge in [-0.15, -0.1) is 0 Å². The van der Waals surface area contributed by atoms with Crippen LogP contribution >= 0.6 is 0 Å². The Balaban J connectivity index is 3.19. The number of rotatable bonds is 8. The van der Waals surface area contributed by atoms with Crippen LogP contribution in [0.5, 0.6) is 0 Å². The van der Waals surface area contributed by atoms with Crippen LogP contribution in [0.3, 0.4) is 0 Å². The molecule has 0 aliphatic rings. The fraction of sp³-hybridized carbons (Fsp3) is 0.667. The predicted octanol–water partition coefficient (Wildman–Crippen LogP) is 5.50. The highest BCUT2D eigenvalue weighted by molar-refractivity contribution is 5.42. The van der Waals surface area contributed by atoms with Crippen molar-refractivity contribution in [1.82, 2.24) is 0 Å². The van der Waals surface area contributed by atoms with Crippen LogP contribution in [0.15, 0.2) is 12.1 Å². The molecule has 18 heavy (non-hydrogen) atoms. The lowest BCUT2D eigenvalue weighted by atomic mass is 9.87. The SMILES string of the molecule is CCCc1ccc(CCC)c(CCC)c1CCC. The van der Waals surface area contributed by atoms with Crippen molar-refractivity contribution in [2.45, 2.75) is 79.1 Å². The van der Waals surface area contributed by atoms with E-state index in [9.17, 15) is 0 Å². The highest BCUT2D eigenvalue weighted by atomic mass is 14.2. The predicted molar refractivity (Wildman–Crippen MR) is 82.4 cm³/mol. The van der Waals surface area contributed by atoms with E-state index in [0.29, 0.717) is 0 Å². The van der Waals surface area contributed by atoms with E-state index >= 15 is 0 Å². The average molecular weight is 246 g/mol. The van der Waals surface area contributed by atoms with Crippen LogP contribution in [0.1, 0.15) is 75.6 Å². The van der Waals surface area contributed by atoms with Crippen LogP contribution in [0.25, 0.3) is 0 Å². The van der Waals surface area contributed by atoms with E-state index in [-0.39, 0.29) is 0 Å². The second-order valence-electron chi connectivity index (χ2n) is 5.34. The first-order valence-corrected chi connectivity index (χ1v) is 7.90. The molecule has 1 rings (SSSR count). The number of hydrogen-bond acceptors (Lipinski definition) is 0. The van der Waals surface area contributed by atoms with E-state index in [2.05, 4.69) is 39.8 Å². The third-order valence-corrected chi connectivity index (χ3v) is 3.66. The van der Waals surface area contributed by atoms with Gasteiger partial charge in [0.25, 0.3) is 0 Å². The molecule has 0 saturated carbocycles. The highest BCUT2D eigenvalue weighted by Crippen LogP contribution is 2.25. The summed E-state index contributed by atoms with van der Waals surface area (Å²) in [5, 5.41) is 0. The molecular weight excluding hydrogens is 216 g/mol. The summed E-state index contributed by atoms with van der Waals surface area (Å²) in [6.45, 7) is 9.18. The maximum absolute atomic E-state index is 2.40. The van der Waals surface area contributed by atoms with Gasteiger partial charge in [0.15, 0.2) is 0 Å². The smallest absolute Gasteiger partial charge is 0.0276 e. The second kappa shape index (κ2) is 8.34. The largest absolute Gasteiger partial charge is 0.0651 e. The van der Waals surface area contributed by atoms with Gasteiger partial charge in [-0.25, -0.2) is 0 Å². The van der Waals surface area contributed by atoms with Gasteiger partial charge >= 0.3 is 0 Å². The molecule has 0 aliphatic heterocycles. The van der Waals surface area contributed by atoms with Crippen LogP contribution in [-0.2, 0) is 25.7 Å². The lowest BCUT2D eigenvalue weighted by Gasteiger charge is -2.18. The van der Waals surface area contributed by atoms with Crippen molar-refractivity contribution >= 4 is 0 Å². The standard InChI is InChI=1S/C18H30/c1-5-9-15-13-14-16(10-6-2)18(12-8-4)17(15)11-7-3/h13-14H,5-12H2,1-4H3. The van der Waals surface area contributed by atoms with Crippen LogP contribution in [0.2, 0.25) is 0 Å². The molecule has 0 aliphatic carbocycles. The molecule has 0 radical (unpaired) electrons. The summed E-state index contributed by atoms with van der Waals surface area (Å²) in [7, 11) is 0. The quantitative estimate of drug-likeness (QED) is 0.568. The van der Waals surface area contributed by atoms with Crippen molar-refractivity contribution in [3.05, 3.63) is 34.4 Å². The Morgan fingerprint density at radius 2 is 0.889 bits per heavy atom. The Bertz CT molecular complexity index is 314. The first-order valence-electron chi connectivity index (χ1n) is 7.90. The number of benzene rings is 1. The van der Waals surface area contributed by atoms with Gasteiger partial charge in [-0.2, -0.15) is 0 Å². The molecule has 102 valence electrons. The molecule has 0 N–H and O–H groups in total. The molecule has 0 saturated heterocycles. The van der Waals surface area contributed by atoms with Gasteiger partial charge in [-0.3, -0.25) is 0 Å². The van der Waals surface area contributed by atoms with Crippen molar-refractivity contribution in [3.63, 3.8) is 0 Å². The fourth-order valence-electron chi connectivity index (χ4n) is 2.92. The van der Waals surface area contributed by atoms with Crippen LogP contribution in [0, 0.1) is 0 Å². The van der Waals surface area contributed by atoms with Crippen LogP contribution < -0.4 is 0 Å². The summed E-state index contributed by atoms with van der Waals surface area (Å²) < 4.78 is 0. The van der Waals surface area contributed by atoms with Gasteiger partial charge in [0.2, 0.25) is 0 Å². The molecule has 0 fully saturated rings. The minimum atomic E-state index is 1.25. The Kier molecular flexibility index (Phi) is 7.08. The molecular formula is C18H30. The Morgan fingerprint density at radius 1 is 0.556 bits per heavy atom. The van der Waals surface area contributed by atoms with Crippen molar-refractivity contribution in [3.8, 4) is 0 Å². The zero-order chi connectivity index (χ0) is 13.4. The highest BCUT2D eigenvalue weighted by Gasteiger charge is 2.11. The molecule has 0 bridgehead atoms. The van der Waals surface area contributed by atoms with Crippen LogP contribution in [-0.4, -0.2) is 0 Å². The lowest BCUT2D eigenvalue weighted by Crippen LogP contribution is -2.05. The van der Waals surface area contributed by atoms with E-state index in [0.717, 1.165) is 0 Å². The molecule has 0 amide bonds.